The van der Waals surface area contributed by atoms with Crippen LogP contribution in [0, 0.1) is 0 Å². The Labute approximate surface area is 160 Å². The highest BCUT2D eigenvalue weighted by molar-refractivity contribution is 6.31. The zero-order valence-corrected chi connectivity index (χ0v) is 15.1. The number of nitrogens with zero attached hydrogens (tertiary/aromatic N) is 2. The molecule has 3 rings (SSSR count). The van der Waals surface area contributed by atoms with Gasteiger partial charge in [-0.15, -0.1) is 0 Å². The van der Waals surface area contributed by atoms with E-state index in [1.807, 2.05) is 0 Å². The number of benzene rings is 2. The van der Waals surface area contributed by atoms with Crippen LogP contribution in [0.25, 0.3) is 0 Å². The largest absolute Gasteiger partial charge is 0.343 e. The summed E-state index contributed by atoms with van der Waals surface area (Å²) < 4.78 is 0. The van der Waals surface area contributed by atoms with E-state index in [2.05, 4.69) is 5.32 Å². The number of hydrazine groups is 1. The Morgan fingerprint density at radius 1 is 1.04 bits per heavy atom. The molecule has 134 valence electrons. The highest BCUT2D eigenvalue weighted by Gasteiger charge is 2.34. The van der Waals surface area contributed by atoms with Crippen LogP contribution in [0.5, 0.6) is 0 Å². The first-order chi connectivity index (χ1) is 12.4. The van der Waals surface area contributed by atoms with Crippen LogP contribution in [-0.4, -0.2) is 34.4 Å². The second-order valence-corrected chi connectivity index (χ2v) is 6.60. The molecule has 0 atom stereocenters. The van der Waals surface area contributed by atoms with E-state index in [-0.39, 0.29) is 19.5 Å². The fourth-order valence-electron chi connectivity index (χ4n) is 2.59. The van der Waals surface area contributed by atoms with Gasteiger partial charge in [0.25, 0.3) is 0 Å². The van der Waals surface area contributed by atoms with Gasteiger partial charge >= 0.3 is 6.03 Å². The molecule has 8 heteroatoms. The zero-order valence-electron chi connectivity index (χ0n) is 13.6. The van der Waals surface area contributed by atoms with E-state index in [0.717, 1.165) is 10.6 Å². The van der Waals surface area contributed by atoms with Crippen LogP contribution in [0.1, 0.15) is 11.1 Å². The molecule has 1 aliphatic rings. The van der Waals surface area contributed by atoms with Gasteiger partial charge in [0, 0.05) is 10.0 Å². The van der Waals surface area contributed by atoms with E-state index >= 15 is 0 Å². The van der Waals surface area contributed by atoms with Gasteiger partial charge in [0.05, 0.1) is 13.0 Å². The Kier molecular flexibility index (Phi) is 5.44. The summed E-state index contributed by atoms with van der Waals surface area (Å²) in [4.78, 5) is 36.8. The number of urea groups is 1. The second-order valence-electron chi connectivity index (χ2n) is 5.76. The summed E-state index contributed by atoms with van der Waals surface area (Å²) in [7, 11) is 0. The predicted molar refractivity (Wildman–Crippen MR) is 97.4 cm³/mol. The fourth-order valence-corrected chi connectivity index (χ4v) is 2.92. The fraction of sp³-hybridized carbons (Fsp3) is 0.167. The number of rotatable bonds is 4. The molecule has 2 aromatic rings. The molecular weight excluding hydrogens is 377 g/mol. The molecule has 1 heterocycles. The van der Waals surface area contributed by atoms with Crippen LogP contribution in [0.15, 0.2) is 48.5 Å². The molecule has 0 spiro atoms. The molecule has 26 heavy (non-hydrogen) atoms. The normalized spacial score (nSPS) is 14.4. The number of carbonyl (C=O) groups excluding carboxylic acids is 3. The van der Waals surface area contributed by atoms with Gasteiger partial charge in [-0.25, -0.2) is 14.8 Å². The van der Waals surface area contributed by atoms with Gasteiger partial charge < -0.3 is 0 Å². The summed E-state index contributed by atoms with van der Waals surface area (Å²) in [5.74, 6) is -0.926. The van der Waals surface area contributed by atoms with E-state index in [9.17, 15) is 14.4 Å². The standard InChI is InChI=1S/C18H15Cl2N3O3/c19-14-7-5-12(6-8-14)10-23-18(26)21-16(24)11-22(23)17(25)9-13-3-1-2-4-15(13)20/h1-8H,9-11H2,(H,21,24,26). The van der Waals surface area contributed by atoms with Crippen molar-refractivity contribution >= 4 is 41.0 Å². The summed E-state index contributed by atoms with van der Waals surface area (Å²) in [5.41, 5.74) is 1.40. The maximum Gasteiger partial charge on any atom is 0.343 e. The minimum Gasteiger partial charge on any atom is -0.275 e. The van der Waals surface area contributed by atoms with Crippen molar-refractivity contribution < 1.29 is 14.4 Å². The monoisotopic (exact) mass is 391 g/mol. The predicted octanol–water partition coefficient (Wildman–Crippen LogP) is 3.03. The van der Waals surface area contributed by atoms with Gasteiger partial charge in [-0.1, -0.05) is 53.5 Å². The average molecular weight is 392 g/mol. The van der Waals surface area contributed by atoms with Crippen molar-refractivity contribution in [2.75, 3.05) is 6.54 Å². The topological polar surface area (TPSA) is 69.7 Å². The van der Waals surface area contributed by atoms with Crippen molar-refractivity contribution in [3.05, 3.63) is 69.7 Å². The molecule has 2 aromatic carbocycles. The molecule has 1 N–H and O–H groups in total. The van der Waals surface area contributed by atoms with Gasteiger partial charge in [-0.05, 0) is 29.3 Å². The minimum atomic E-state index is -0.649. The van der Waals surface area contributed by atoms with E-state index in [1.165, 1.54) is 5.01 Å². The first-order valence-corrected chi connectivity index (χ1v) is 8.59. The van der Waals surface area contributed by atoms with Crippen LogP contribution in [-0.2, 0) is 22.6 Å². The molecule has 1 aliphatic heterocycles. The third-order valence-corrected chi connectivity index (χ3v) is 4.52. The Balaban J connectivity index is 1.81. The lowest BCUT2D eigenvalue weighted by atomic mass is 10.1. The lowest BCUT2D eigenvalue weighted by molar-refractivity contribution is -0.152. The van der Waals surface area contributed by atoms with Crippen molar-refractivity contribution in [3.8, 4) is 0 Å². The molecule has 4 amide bonds. The van der Waals surface area contributed by atoms with Gasteiger partial charge in [0.2, 0.25) is 11.8 Å². The van der Waals surface area contributed by atoms with Crippen LogP contribution in [0.4, 0.5) is 4.79 Å². The number of halogens is 2. The number of hydrogen-bond donors (Lipinski definition) is 1. The smallest absolute Gasteiger partial charge is 0.275 e. The lowest BCUT2D eigenvalue weighted by Crippen LogP contribution is -2.62. The Bertz CT molecular complexity index is 855. The molecule has 0 aromatic heterocycles. The molecule has 0 saturated carbocycles. The van der Waals surface area contributed by atoms with E-state index < -0.39 is 17.8 Å². The zero-order chi connectivity index (χ0) is 18.7. The summed E-state index contributed by atoms with van der Waals surface area (Å²) in [5, 5.41) is 5.61. The first-order valence-electron chi connectivity index (χ1n) is 7.83. The van der Waals surface area contributed by atoms with Gasteiger partial charge in [0.15, 0.2) is 0 Å². The molecule has 1 fully saturated rings. The molecular formula is C18H15Cl2N3O3. The molecule has 0 radical (unpaired) electrons. The van der Waals surface area contributed by atoms with Crippen molar-refractivity contribution in [2.45, 2.75) is 13.0 Å². The van der Waals surface area contributed by atoms with Crippen molar-refractivity contribution in [1.29, 1.82) is 0 Å². The first kappa shape index (κ1) is 18.2. The molecule has 1 saturated heterocycles. The molecule has 0 unspecified atom stereocenters. The van der Waals surface area contributed by atoms with Crippen LogP contribution < -0.4 is 5.32 Å². The van der Waals surface area contributed by atoms with Crippen LogP contribution in [0.3, 0.4) is 0 Å². The maximum atomic E-state index is 12.7. The summed E-state index contributed by atoms with van der Waals surface area (Å²) in [6, 6.07) is 13.2. The minimum absolute atomic E-state index is 0.0165. The Hall–Kier alpha value is -2.57. The summed E-state index contributed by atoms with van der Waals surface area (Å²) in [6.07, 6.45) is -0.0165. The van der Waals surface area contributed by atoms with Gasteiger partial charge in [-0.2, -0.15) is 0 Å². The average Bonchev–Trinajstić information content (AvgIpc) is 2.60. The Morgan fingerprint density at radius 3 is 2.42 bits per heavy atom. The lowest BCUT2D eigenvalue weighted by Gasteiger charge is -2.37. The number of hydrogen-bond acceptors (Lipinski definition) is 3. The van der Waals surface area contributed by atoms with Gasteiger partial charge in [-0.3, -0.25) is 14.9 Å². The Morgan fingerprint density at radius 2 is 1.73 bits per heavy atom. The van der Waals surface area contributed by atoms with Crippen LogP contribution in [0.2, 0.25) is 10.0 Å². The summed E-state index contributed by atoms with van der Waals surface area (Å²) in [6.45, 7) is -0.104. The van der Waals surface area contributed by atoms with Crippen molar-refractivity contribution in [3.63, 3.8) is 0 Å². The SMILES string of the molecule is O=C1CN(C(=O)Cc2ccccc2Cl)N(Cc2ccc(Cl)cc2)C(=O)N1. The van der Waals surface area contributed by atoms with Crippen molar-refractivity contribution in [1.82, 2.24) is 15.3 Å². The van der Waals surface area contributed by atoms with E-state index in [4.69, 9.17) is 23.2 Å². The highest BCUT2D eigenvalue weighted by atomic mass is 35.5. The molecule has 0 aliphatic carbocycles. The van der Waals surface area contributed by atoms with Crippen molar-refractivity contribution in [2.24, 2.45) is 0 Å². The van der Waals surface area contributed by atoms with E-state index in [0.29, 0.717) is 15.6 Å². The number of amides is 4. The third kappa shape index (κ3) is 4.15. The molecule has 0 bridgehead atoms. The summed E-state index contributed by atoms with van der Waals surface area (Å²) >= 11 is 12.0. The molecule has 6 nitrogen and oxygen atoms in total. The quantitative estimate of drug-likeness (QED) is 0.870. The highest BCUT2D eigenvalue weighted by Crippen LogP contribution is 2.19. The number of carbonyl (C=O) groups is 3. The van der Waals surface area contributed by atoms with E-state index in [1.54, 1.807) is 48.5 Å². The number of nitrogens with one attached hydrogen (secondary N) is 1. The third-order valence-electron chi connectivity index (χ3n) is 3.90. The van der Waals surface area contributed by atoms with Crippen LogP contribution >= 0.6 is 23.2 Å². The van der Waals surface area contributed by atoms with Gasteiger partial charge in [0.1, 0.15) is 6.54 Å². The second kappa shape index (κ2) is 7.76. The number of imide groups is 1. The maximum absolute atomic E-state index is 12.7.